The fourth-order valence-electron chi connectivity index (χ4n) is 4.18. The minimum atomic E-state index is -1.19. The van der Waals surface area contributed by atoms with Crippen molar-refractivity contribution >= 4 is 11.9 Å². The van der Waals surface area contributed by atoms with Crippen molar-refractivity contribution in [2.24, 2.45) is 0 Å². The summed E-state index contributed by atoms with van der Waals surface area (Å²) in [6.45, 7) is 0.767. The summed E-state index contributed by atoms with van der Waals surface area (Å²) in [6, 6.07) is 0. The average molecular weight is 458 g/mol. The third kappa shape index (κ3) is 16.5. The molecule has 0 spiro atoms. The van der Waals surface area contributed by atoms with Crippen LogP contribution in [0.25, 0.3) is 0 Å². The number of rotatable bonds is 21. The fourth-order valence-corrected chi connectivity index (χ4v) is 4.18. The molecule has 1 saturated heterocycles. The quantitative estimate of drug-likeness (QED) is 0.123. The van der Waals surface area contributed by atoms with E-state index in [0.717, 1.165) is 44.9 Å². The Kier molecular flexibility index (Phi) is 14.8. The van der Waals surface area contributed by atoms with E-state index in [1.54, 1.807) is 0 Å². The molecule has 1 heterocycles. The van der Waals surface area contributed by atoms with Crippen molar-refractivity contribution in [3.8, 4) is 0 Å². The molecule has 0 bridgehead atoms. The monoisotopic (exact) mass is 457 g/mol. The normalized spacial score (nSPS) is 19.0. The van der Waals surface area contributed by atoms with Crippen molar-refractivity contribution in [1.82, 2.24) is 0 Å². The first kappa shape index (κ1) is 28.9. The highest BCUT2D eigenvalue weighted by atomic mass is 16.6. The first-order valence-electron chi connectivity index (χ1n) is 12.7. The minimum absolute atomic E-state index is 0.254. The molecule has 0 saturated carbocycles. The van der Waals surface area contributed by atoms with Crippen molar-refractivity contribution in [3.63, 3.8) is 0 Å². The average Bonchev–Trinajstić information content (AvgIpc) is 3.42. The topological polar surface area (TPSA) is 99.2 Å². The SMILES string of the molecule is C[N+](C)(C)CC(CC(=O)[O-])OC(=O)CCCCCCCC1OC1CCCCCCCCO. The number of carboxylic acid groups (broad SMARTS) is 1. The van der Waals surface area contributed by atoms with Gasteiger partial charge in [-0.1, -0.05) is 57.8 Å². The van der Waals surface area contributed by atoms with Gasteiger partial charge in [0, 0.05) is 25.4 Å². The summed E-state index contributed by atoms with van der Waals surface area (Å²) in [6.07, 6.45) is 15.0. The van der Waals surface area contributed by atoms with Gasteiger partial charge in [0.25, 0.3) is 0 Å². The van der Waals surface area contributed by atoms with E-state index in [9.17, 15) is 14.7 Å². The number of likely N-dealkylation sites (N-methyl/N-ethyl adjacent to an activating group) is 1. The number of nitrogens with zero attached hydrogens (tertiary/aromatic N) is 1. The maximum Gasteiger partial charge on any atom is 0.306 e. The second kappa shape index (κ2) is 16.4. The van der Waals surface area contributed by atoms with E-state index in [0.29, 0.717) is 36.3 Å². The van der Waals surface area contributed by atoms with Crippen LogP contribution in [0.3, 0.4) is 0 Å². The smallest absolute Gasteiger partial charge is 0.306 e. The first-order chi connectivity index (χ1) is 15.2. The summed E-state index contributed by atoms with van der Waals surface area (Å²) in [5.74, 6) is -1.50. The van der Waals surface area contributed by atoms with Gasteiger partial charge in [-0.15, -0.1) is 0 Å². The molecular weight excluding hydrogens is 410 g/mol. The summed E-state index contributed by atoms with van der Waals surface area (Å²) >= 11 is 0. The largest absolute Gasteiger partial charge is 0.550 e. The Morgan fingerprint density at radius 1 is 0.875 bits per heavy atom. The molecule has 7 heteroatoms. The Labute approximate surface area is 195 Å². The van der Waals surface area contributed by atoms with E-state index in [1.807, 2.05) is 21.1 Å². The van der Waals surface area contributed by atoms with Crippen LogP contribution in [0.5, 0.6) is 0 Å². The Hall–Kier alpha value is -1.18. The lowest BCUT2D eigenvalue weighted by molar-refractivity contribution is -0.873. The predicted molar refractivity (Wildman–Crippen MR) is 123 cm³/mol. The van der Waals surface area contributed by atoms with Crippen LogP contribution < -0.4 is 5.11 Å². The van der Waals surface area contributed by atoms with E-state index in [2.05, 4.69) is 0 Å². The molecule has 32 heavy (non-hydrogen) atoms. The number of esters is 1. The van der Waals surface area contributed by atoms with E-state index in [4.69, 9.17) is 14.6 Å². The highest BCUT2D eigenvalue weighted by Crippen LogP contribution is 2.31. The summed E-state index contributed by atoms with van der Waals surface area (Å²) in [7, 11) is 5.81. The van der Waals surface area contributed by atoms with Gasteiger partial charge in [0.1, 0.15) is 6.54 Å². The molecule has 3 unspecified atom stereocenters. The fraction of sp³-hybridized carbons (Fsp3) is 0.920. The number of aliphatic hydroxyl groups excluding tert-OH is 1. The molecule has 1 rings (SSSR count). The zero-order valence-electron chi connectivity index (χ0n) is 20.7. The maximum absolute atomic E-state index is 12.0. The number of carbonyl (C=O) groups excluding carboxylic acids is 2. The number of hydrogen-bond donors (Lipinski definition) is 1. The van der Waals surface area contributed by atoms with Gasteiger partial charge in [-0.05, 0) is 25.7 Å². The van der Waals surface area contributed by atoms with Gasteiger partial charge >= 0.3 is 5.97 Å². The maximum atomic E-state index is 12.0. The number of unbranched alkanes of at least 4 members (excludes halogenated alkanes) is 9. The molecule has 0 aromatic heterocycles. The standard InChI is InChI=1S/C25H47NO6/c1-26(2,3)20-21(19-24(28)29)31-25(30)17-13-9-6-8-12-16-23-22(32-23)15-11-7-4-5-10-14-18-27/h21-23,27H,4-20H2,1-3H3. The van der Waals surface area contributed by atoms with E-state index < -0.39 is 12.1 Å². The molecule has 188 valence electrons. The first-order valence-corrected chi connectivity index (χ1v) is 12.7. The lowest BCUT2D eigenvalue weighted by Gasteiger charge is -2.29. The molecule has 0 aliphatic carbocycles. The van der Waals surface area contributed by atoms with E-state index >= 15 is 0 Å². The van der Waals surface area contributed by atoms with Gasteiger partial charge in [-0.2, -0.15) is 0 Å². The second-order valence-electron chi connectivity index (χ2n) is 10.3. The zero-order chi connectivity index (χ0) is 23.8. The Balaban J connectivity index is 1.96. The molecule has 1 aliphatic heterocycles. The molecule has 1 N–H and O–H groups in total. The molecule has 0 radical (unpaired) electrons. The van der Waals surface area contributed by atoms with E-state index in [1.165, 1.54) is 38.5 Å². The van der Waals surface area contributed by atoms with Crippen molar-refractivity contribution in [2.45, 2.75) is 115 Å². The number of aliphatic hydroxyl groups is 1. The number of carboxylic acids is 1. The number of hydrogen-bond acceptors (Lipinski definition) is 6. The second-order valence-corrected chi connectivity index (χ2v) is 10.3. The van der Waals surface area contributed by atoms with Crippen LogP contribution >= 0.6 is 0 Å². The van der Waals surface area contributed by atoms with Crippen molar-refractivity contribution < 1.29 is 33.8 Å². The summed E-state index contributed by atoms with van der Waals surface area (Å²) in [5, 5.41) is 19.7. The van der Waals surface area contributed by atoms with Crippen LogP contribution in [-0.2, 0) is 19.1 Å². The molecule has 0 amide bonds. The highest BCUT2D eigenvalue weighted by molar-refractivity contribution is 5.70. The summed E-state index contributed by atoms with van der Waals surface area (Å²) in [5.41, 5.74) is 0. The third-order valence-corrected chi connectivity index (χ3v) is 5.90. The third-order valence-electron chi connectivity index (χ3n) is 5.90. The van der Waals surface area contributed by atoms with Crippen LogP contribution in [0, 0.1) is 0 Å². The number of carbonyl (C=O) groups is 2. The molecular formula is C25H47NO6. The van der Waals surface area contributed by atoms with Crippen LogP contribution in [0.15, 0.2) is 0 Å². The lowest BCUT2D eigenvalue weighted by atomic mass is 10.0. The zero-order valence-corrected chi connectivity index (χ0v) is 20.7. The van der Waals surface area contributed by atoms with Crippen molar-refractivity contribution in [1.29, 1.82) is 0 Å². The minimum Gasteiger partial charge on any atom is -0.550 e. The van der Waals surface area contributed by atoms with Gasteiger partial charge in [0.15, 0.2) is 6.10 Å². The Morgan fingerprint density at radius 2 is 1.38 bits per heavy atom. The molecule has 1 fully saturated rings. The number of ether oxygens (including phenoxy) is 2. The van der Waals surface area contributed by atoms with Crippen LogP contribution in [0.1, 0.15) is 96.3 Å². The van der Waals surface area contributed by atoms with E-state index in [-0.39, 0.29) is 12.4 Å². The van der Waals surface area contributed by atoms with Gasteiger partial charge in [0.2, 0.25) is 0 Å². The highest BCUT2D eigenvalue weighted by Gasteiger charge is 2.36. The van der Waals surface area contributed by atoms with Gasteiger partial charge < -0.3 is 29.0 Å². The van der Waals surface area contributed by atoms with Crippen molar-refractivity contribution in [3.05, 3.63) is 0 Å². The molecule has 7 nitrogen and oxygen atoms in total. The molecule has 1 aliphatic rings. The molecule has 0 aromatic rings. The lowest BCUT2D eigenvalue weighted by Crippen LogP contribution is -2.45. The van der Waals surface area contributed by atoms with Gasteiger partial charge in [-0.25, -0.2) is 0 Å². The summed E-state index contributed by atoms with van der Waals surface area (Å²) in [4.78, 5) is 22.9. The summed E-state index contributed by atoms with van der Waals surface area (Å²) < 4.78 is 11.7. The van der Waals surface area contributed by atoms with Crippen LogP contribution in [0.4, 0.5) is 0 Å². The van der Waals surface area contributed by atoms with Crippen LogP contribution in [0.2, 0.25) is 0 Å². The van der Waals surface area contributed by atoms with Gasteiger partial charge in [-0.3, -0.25) is 4.79 Å². The van der Waals surface area contributed by atoms with Gasteiger partial charge in [0.05, 0.1) is 33.4 Å². The molecule has 3 atom stereocenters. The predicted octanol–water partition coefficient (Wildman–Crippen LogP) is 2.97. The van der Waals surface area contributed by atoms with Crippen molar-refractivity contribution in [2.75, 3.05) is 34.3 Å². The number of aliphatic carboxylic acids is 1. The number of epoxide rings is 1. The number of quaternary nitrogens is 1. The Bertz CT molecular complexity index is 519. The Morgan fingerprint density at radius 3 is 1.88 bits per heavy atom. The van der Waals surface area contributed by atoms with Crippen LogP contribution in [-0.4, -0.2) is 74.1 Å². The molecule has 0 aromatic carbocycles.